The number of rotatable bonds is 5. The van der Waals surface area contributed by atoms with Crippen molar-refractivity contribution in [1.82, 2.24) is 0 Å². The molecule has 0 saturated heterocycles. The second-order valence-electron chi connectivity index (χ2n) is 3.73. The number of hydrogen-bond donors (Lipinski definition) is 2. The molecule has 0 heterocycles. The smallest absolute Gasteiger partial charge is 0.0331 e. The summed E-state index contributed by atoms with van der Waals surface area (Å²) in [6, 6.07) is 0. The van der Waals surface area contributed by atoms with Crippen LogP contribution in [0.3, 0.4) is 0 Å². The molecule has 0 fully saturated rings. The fourth-order valence-corrected chi connectivity index (χ4v) is 1.91. The quantitative estimate of drug-likeness (QED) is 0.707. The van der Waals surface area contributed by atoms with E-state index in [1.807, 2.05) is 0 Å². The summed E-state index contributed by atoms with van der Waals surface area (Å²) >= 11 is 0. The first kappa shape index (κ1) is 15.9. The van der Waals surface area contributed by atoms with Crippen molar-refractivity contribution in [3.8, 4) is 0 Å². The second kappa shape index (κ2) is 6.02. The fraction of sp³-hybridized carbons (Fsp3) is 1.00. The molecule has 0 aromatic rings. The van der Waals surface area contributed by atoms with Gasteiger partial charge < -0.3 is 11.5 Å². The molecule has 0 aliphatic heterocycles. The van der Waals surface area contributed by atoms with E-state index < -0.39 is 0 Å². The van der Waals surface area contributed by atoms with Crippen molar-refractivity contribution in [2.45, 2.75) is 64.5 Å². The molecular weight excluding hydrogens is 204 g/mol. The van der Waals surface area contributed by atoms with E-state index in [9.17, 15) is 0 Å². The van der Waals surface area contributed by atoms with Crippen molar-refractivity contribution in [2.24, 2.45) is 11.5 Å². The maximum atomic E-state index is 6.27. The summed E-state index contributed by atoms with van der Waals surface area (Å²) in [5.41, 5.74) is 12.2. The fourth-order valence-electron chi connectivity index (χ4n) is 1.91. The molecule has 0 bridgehead atoms. The molecule has 0 saturated carbocycles. The van der Waals surface area contributed by atoms with Crippen molar-refractivity contribution in [1.29, 1.82) is 0 Å². The van der Waals surface area contributed by atoms with Gasteiger partial charge in [-0.25, -0.2) is 0 Å². The predicted molar refractivity (Wildman–Crippen MR) is 55.0 cm³/mol. The van der Waals surface area contributed by atoms with Gasteiger partial charge in [-0.15, -0.1) is 0 Å². The van der Waals surface area contributed by atoms with Crippen LogP contribution in [0.5, 0.6) is 0 Å². The van der Waals surface area contributed by atoms with Gasteiger partial charge in [0, 0.05) is 28.1 Å². The summed E-state index contributed by atoms with van der Waals surface area (Å²) in [7, 11) is 0. The maximum absolute atomic E-state index is 6.27. The summed E-state index contributed by atoms with van der Waals surface area (Å²) in [5.74, 6) is 0. The molecular formula is C10H24FeN2. The molecule has 82 valence electrons. The average Bonchev–Trinajstić information content (AvgIpc) is 2.15. The minimum atomic E-state index is -0.184. The first-order valence-corrected chi connectivity index (χ1v) is 5.07. The van der Waals surface area contributed by atoms with Crippen molar-refractivity contribution in [2.75, 3.05) is 0 Å². The molecule has 3 heteroatoms. The molecule has 13 heavy (non-hydrogen) atoms. The first-order chi connectivity index (χ1) is 5.49. The molecule has 0 unspecified atom stereocenters. The van der Waals surface area contributed by atoms with Crippen LogP contribution < -0.4 is 11.5 Å². The van der Waals surface area contributed by atoms with Crippen LogP contribution in [-0.4, -0.2) is 11.1 Å². The van der Waals surface area contributed by atoms with Crippen molar-refractivity contribution in [3.63, 3.8) is 0 Å². The predicted octanol–water partition coefficient (Wildman–Crippen LogP) is 2.02. The van der Waals surface area contributed by atoms with Gasteiger partial charge in [0.05, 0.1) is 0 Å². The zero-order chi connectivity index (χ0) is 9.83. The van der Waals surface area contributed by atoms with E-state index in [2.05, 4.69) is 27.7 Å². The van der Waals surface area contributed by atoms with Gasteiger partial charge >= 0.3 is 0 Å². The van der Waals surface area contributed by atoms with Crippen LogP contribution in [0.15, 0.2) is 0 Å². The molecule has 0 aromatic heterocycles. The molecule has 0 radical (unpaired) electrons. The largest absolute Gasteiger partial charge is 0.324 e. The van der Waals surface area contributed by atoms with E-state index in [0.29, 0.717) is 0 Å². The van der Waals surface area contributed by atoms with Gasteiger partial charge in [-0.3, -0.25) is 0 Å². The van der Waals surface area contributed by atoms with Crippen LogP contribution in [0.4, 0.5) is 0 Å². The van der Waals surface area contributed by atoms with Crippen molar-refractivity contribution >= 4 is 0 Å². The third kappa shape index (κ3) is 2.95. The minimum Gasteiger partial charge on any atom is -0.324 e. The minimum absolute atomic E-state index is 0. The SMILES string of the molecule is CCC(N)(CC)C(N)(CC)CC.[Fe]. The Morgan fingerprint density at radius 2 is 0.846 bits per heavy atom. The van der Waals surface area contributed by atoms with E-state index in [0.717, 1.165) is 25.7 Å². The third-order valence-corrected chi connectivity index (χ3v) is 3.52. The van der Waals surface area contributed by atoms with Crippen LogP contribution in [-0.2, 0) is 17.1 Å². The van der Waals surface area contributed by atoms with Crippen LogP contribution >= 0.6 is 0 Å². The summed E-state index contributed by atoms with van der Waals surface area (Å²) in [5, 5.41) is 0. The first-order valence-electron chi connectivity index (χ1n) is 5.07. The van der Waals surface area contributed by atoms with E-state index in [1.54, 1.807) is 0 Å². The van der Waals surface area contributed by atoms with Crippen LogP contribution in [0.25, 0.3) is 0 Å². The Balaban J connectivity index is 0. The summed E-state index contributed by atoms with van der Waals surface area (Å²) in [6.07, 6.45) is 3.84. The van der Waals surface area contributed by atoms with Gasteiger partial charge in [-0.1, -0.05) is 27.7 Å². The van der Waals surface area contributed by atoms with E-state index in [1.165, 1.54) is 0 Å². The molecule has 0 aliphatic rings. The van der Waals surface area contributed by atoms with Gasteiger partial charge in [-0.2, -0.15) is 0 Å². The Bertz CT molecular complexity index is 113. The molecule has 0 spiro atoms. The summed E-state index contributed by atoms with van der Waals surface area (Å²) in [6.45, 7) is 8.49. The van der Waals surface area contributed by atoms with Crippen LogP contribution in [0.1, 0.15) is 53.4 Å². The van der Waals surface area contributed by atoms with Gasteiger partial charge in [0.25, 0.3) is 0 Å². The summed E-state index contributed by atoms with van der Waals surface area (Å²) in [4.78, 5) is 0. The topological polar surface area (TPSA) is 52.0 Å². The molecule has 0 amide bonds. The molecule has 2 nitrogen and oxygen atoms in total. The van der Waals surface area contributed by atoms with Gasteiger partial charge in [-0.05, 0) is 25.7 Å². The molecule has 0 rings (SSSR count). The van der Waals surface area contributed by atoms with Crippen LogP contribution in [0.2, 0.25) is 0 Å². The second-order valence-corrected chi connectivity index (χ2v) is 3.73. The molecule has 0 aliphatic carbocycles. The molecule has 4 N–H and O–H groups in total. The van der Waals surface area contributed by atoms with E-state index >= 15 is 0 Å². The number of hydrogen-bond acceptors (Lipinski definition) is 2. The summed E-state index contributed by atoms with van der Waals surface area (Å²) < 4.78 is 0. The average molecular weight is 228 g/mol. The Morgan fingerprint density at radius 1 is 0.692 bits per heavy atom. The standard InChI is InChI=1S/C10H24N2.Fe/c1-5-9(11,6-2)10(12,7-3)8-4;/h5-8,11-12H2,1-4H3;. The maximum Gasteiger partial charge on any atom is 0.0331 e. The van der Waals surface area contributed by atoms with Crippen LogP contribution in [0, 0.1) is 0 Å². The third-order valence-electron chi connectivity index (χ3n) is 3.52. The zero-order valence-corrected chi connectivity index (χ0v) is 10.4. The molecule has 0 aromatic carbocycles. The Hall–Kier alpha value is 0.439. The molecule has 0 atom stereocenters. The Labute approximate surface area is 93.3 Å². The number of nitrogens with two attached hydrogens (primary N) is 2. The van der Waals surface area contributed by atoms with Crippen molar-refractivity contribution < 1.29 is 17.1 Å². The van der Waals surface area contributed by atoms with Gasteiger partial charge in [0.2, 0.25) is 0 Å². The zero-order valence-electron chi connectivity index (χ0n) is 9.34. The van der Waals surface area contributed by atoms with Gasteiger partial charge in [0.15, 0.2) is 0 Å². The Morgan fingerprint density at radius 3 is 0.923 bits per heavy atom. The Kier molecular flexibility index (Phi) is 7.36. The van der Waals surface area contributed by atoms with E-state index in [-0.39, 0.29) is 28.1 Å². The monoisotopic (exact) mass is 228 g/mol. The normalized spacial score (nSPS) is 12.5. The van der Waals surface area contributed by atoms with E-state index in [4.69, 9.17) is 11.5 Å². The van der Waals surface area contributed by atoms with Gasteiger partial charge in [0.1, 0.15) is 0 Å². The van der Waals surface area contributed by atoms with Crippen molar-refractivity contribution in [3.05, 3.63) is 0 Å².